The number of urea groups is 1. The topological polar surface area (TPSA) is 112 Å². The van der Waals surface area contributed by atoms with Crippen LogP contribution >= 0.6 is 0 Å². The monoisotopic (exact) mass is 468 g/mol. The number of piperidine rings is 1. The van der Waals surface area contributed by atoms with Gasteiger partial charge in [0.15, 0.2) is 5.82 Å². The fraction of sp³-hybridized carbons (Fsp3) is 0.417. The van der Waals surface area contributed by atoms with Crippen molar-refractivity contribution < 1.29 is 19.1 Å². The SMILES string of the molecule is Cc1cn2cc(NC(=O)N3CCc4c(C5CCN[C@@H](C)C5)ccnc43)c(F)c(C)c2n1.O=CO. The quantitative estimate of drug-likeness (QED) is 0.495. The number of rotatable bonds is 2. The molecule has 5 heterocycles. The molecular weight excluding hydrogens is 439 g/mol. The Balaban J connectivity index is 0.000000868. The molecule has 2 aliphatic rings. The average Bonchev–Trinajstić information content (AvgIpc) is 3.41. The van der Waals surface area contributed by atoms with E-state index in [1.807, 2.05) is 13.1 Å². The van der Waals surface area contributed by atoms with Crippen LogP contribution in [0.4, 0.5) is 20.7 Å². The summed E-state index contributed by atoms with van der Waals surface area (Å²) in [4.78, 5) is 31.9. The molecule has 180 valence electrons. The van der Waals surface area contributed by atoms with Crippen LogP contribution in [0.3, 0.4) is 0 Å². The Morgan fingerprint density at radius 2 is 2.12 bits per heavy atom. The number of amides is 2. The van der Waals surface area contributed by atoms with Gasteiger partial charge in [0.2, 0.25) is 0 Å². The van der Waals surface area contributed by atoms with Crippen molar-refractivity contribution in [3.05, 3.63) is 52.9 Å². The van der Waals surface area contributed by atoms with Gasteiger partial charge in [0, 0.05) is 42.3 Å². The van der Waals surface area contributed by atoms with E-state index in [1.165, 1.54) is 5.56 Å². The Hall–Kier alpha value is -3.53. The van der Waals surface area contributed by atoms with E-state index in [1.54, 1.807) is 28.6 Å². The summed E-state index contributed by atoms with van der Waals surface area (Å²) < 4.78 is 16.7. The van der Waals surface area contributed by atoms with Gasteiger partial charge >= 0.3 is 6.03 Å². The molecule has 5 rings (SSSR count). The van der Waals surface area contributed by atoms with Gasteiger partial charge in [-0.1, -0.05) is 0 Å². The number of anilines is 2. The zero-order chi connectivity index (χ0) is 24.4. The molecule has 3 aromatic rings. The van der Waals surface area contributed by atoms with Gasteiger partial charge in [-0.05, 0) is 64.1 Å². The lowest BCUT2D eigenvalue weighted by Crippen LogP contribution is -2.35. The number of imidazole rings is 1. The Morgan fingerprint density at radius 3 is 2.85 bits per heavy atom. The minimum atomic E-state index is -0.462. The average molecular weight is 469 g/mol. The number of aryl methyl sites for hydroxylation is 2. The lowest BCUT2D eigenvalue weighted by molar-refractivity contribution is -0.122. The van der Waals surface area contributed by atoms with E-state index in [9.17, 15) is 9.18 Å². The molecule has 1 unspecified atom stereocenters. The number of hydrogen-bond acceptors (Lipinski definition) is 5. The molecule has 3 N–H and O–H groups in total. The second kappa shape index (κ2) is 9.76. The van der Waals surface area contributed by atoms with E-state index in [0.717, 1.165) is 37.1 Å². The molecule has 1 fully saturated rings. The number of hydrogen-bond donors (Lipinski definition) is 3. The number of carbonyl (C=O) groups excluding carboxylic acids is 1. The predicted octanol–water partition coefficient (Wildman–Crippen LogP) is 3.64. The van der Waals surface area contributed by atoms with Crippen molar-refractivity contribution in [2.24, 2.45) is 0 Å². The normalized spacial score (nSPS) is 19.4. The van der Waals surface area contributed by atoms with Crippen molar-refractivity contribution in [2.75, 3.05) is 23.3 Å². The van der Waals surface area contributed by atoms with Gasteiger partial charge in [0.1, 0.15) is 11.5 Å². The lowest BCUT2D eigenvalue weighted by Gasteiger charge is -2.29. The number of pyridine rings is 2. The molecule has 0 radical (unpaired) electrons. The van der Waals surface area contributed by atoms with Crippen LogP contribution in [0.15, 0.2) is 24.7 Å². The first-order valence-corrected chi connectivity index (χ1v) is 11.4. The minimum absolute atomic E-state index is 0.143. The number of nitrogens with zero attached hydrogens (tertiary/aromatic N) is 4. The highest BCUT2D eigenvalue weighted by Crippen LogP contribution is 2.37. The van der Waals surface area contributed by atoms with Gasteiger partial charge in [0.05, 0.1) is 11.4 Å². The van der Waals surface area contributed by atoms with Crippen LogP contribution in [0.25, 0.3) is 5.65 Å². The number of carbonyl (C=O) groups is 2. The fourth-order valence-electron chi connectivity index (χ4n) is 4.97. The molecular formula is C24H29FN6O3. The summed E-state index contributed by atoms with van der Waals surface area (Å²) in [5.74, 6) is 0.706. The molecule has 10 heteroatoms. The molecule has 0 spiro atoms. The van der Waals surface area contributed by atoms with E-state index in [0.29, 0.717) is 35.5 Å². The molecule has 0 aliphatic carbocycles. The van der Waals surface area contributed by atoms with Gasteiger partial charge in [0.25, 0.3) is 6.47 Å². The van der Waals surface area contributed by atoms with Crippen LogP contribution in [0.5, 0.6) is 0 Å². The molecule has 0 saturated carbocycles. The Morgan fingerprint density at radius 1 is 1.35 bits per heavy atom. The maximum absolute atomic E-state index is 14.9. The Labute approximate surface area is 197 Å². The van der Waals surface area contributed by atoms with Gasteiger partial charge < -0.3 is 20.1 Å². The second-order valence-electron chi connectivity index (χ2n) is 8.81. The maximum atomic E-state index is 14.9. The molecule has 1 saturated heterocycles. The van der Waals surface area contributed by atoms with Crippen LogP contribution in [0, 0.1) is 19.7 Å². The number of halogens is 1. The van der Waals surface area contributed by atoms with E-state index < -0.39 is 5.82 Å². The van der Waals surface area contributed by atoms with Crippen LogP contribution in [0.2, 0.25) is 0 Å². The van der Waals surface area contributed by atoms with E-state index in [-0.39, 0.29) is 18.2 Å². The number of aromatic nitrogens is 3. The van der Waals surface area contributed by atoms with Gasteiger partial charge in [-0.15, -0.1) is 0 Å². The van der Waals surface area contributed by atoms with Crippen molar-refractivity contribution in [2.45, 2.75) is 52.0 Å². The number of fused-ring (bicyclic) bond motifs is 2. The third-order valence-electron chi connectivity index (χ3n) is 6.48. The van der Waals surface area contributed by atoms with Crippen LogP contribution in [-0.4, -0.2) is 51.1 Å². The predicted molar refractivity (Wildman–Crippen MR) is 127 cm³/mol. The van der Waals surface area contributed by atoms with E-state index in [4.69, 9.17) is 9.90 Å². The highest BCUT2D eigenvalue weighted by atomic mass is 19.1. The molecule has 34 heavy (non-hydrogen) atoms. The summed E-state index contributed by atoms with van der Waals surface area (Å²) in [5.41, 5.74) is 4.35. The standard InChI is InChI=1S/C23H27FN6O.CH2O2/c1-13-10-16(4-7-25-13)17-5-8-26-22-18(17)6-9-30(22)23(31)28-19-12-29-11-14(2)27-21(29)15(3)20(19)24;2-1-3/h5,8,11-13,16,25H,4,6-7,9-10H2,1-3H3,(H,28,31);1H,(H,2,3)/t13-,16?;/m0./s1. The number of carboxylic acid groups (broad SMARTS) is 1. The lowest BCUT2D eigenvalue weighted by atomic mass is 9.84. The first-order valence-electron chi connectivity index (χ1n) is 11.4. The van der Waals surface area contributed by atoms with Crippen molar-refractivity contribution in [3.63, 3.8) is 0 Å². The van der Waals surface area contributed by atoms with Crippen LogP contribution < -0.4 is 15.5 Å². The summed E-state index contributed by atoms with van der Waals surface area (Å²) in [6.07, 6.45) is 8.12. The second-order valence-corrected chi connectivity index (χ2v) is 8.81. The molecule has 0 aromatic carbocycles. The van der Waals surface area contributed by atoms with E-state index >= 15 is 0 Å². The summed E-state index contributed by atoms with van der Waals surface area (Å²) in [6.45, 7) is 7.03. The van der Waals surface area contributed by atoms with Gasteiger partial charge in [-0.2, -0.15) is 0 Å². The smallest absolute Gasteiger partial charge is 0.327 e. The first kappa shape index (κ1) is 23.6. The largest absolute Gasteiger partial charge is 0.483 e. The Bertz CT molecular complexity index is 1230. The van der Waals surface area contributed by atoms with Crippen molar-refractivity contribution in [1.82, 2.24) is 19.7 Å². The minimum Gasteiger partial charge on any atom is -0.483 e. The van der Waals surface area contributed by atoms with Crippen LogP contribution in [0.1, 0.15) is 48.1 Å². The zero-order valence-electron chi connectivity index (χ0n) is 19.5. The first-order chi connectivity index (χ1) is 16.3. The van der Waals surface area contributed by atoms with Crippen molar-refractivity contribution in [3.8, 4) is 0 Å². The zero-order valence-corrected chi connectivity index (χ0v) is 19.5. The summed E-state index contributed by atoms with van der Waals surface area (Å²) >= 11 is 0. The van der Waals surface area contributed by atoms with Gasteiger partial charge in [-0.25, -0.2) is 19.2 Å². The highest BCUT2D eigenvalue weighted by molar-refractivity contribution is 6.02. The molecule has 2 amide bonds. The van der Waals surface area contributed by atoms with Crippen molar-refractivity contribution >= 4 is 29.7 Å². The third kappa shape index (κ3) is 4.45. The maximum Gasteiger partial charge on any atom is 0.327 e. The molecule has 2 atom stereocenters. The summed E-state index contributed by atoms with van der Waals surface area (Å²) in [7, 11) is 0. The summed E-state index contributed by atoms with van der Waals surface area (Å²) in [6, 6.07) is 2.22. The highest BCUT2D eigenvalue weighted by Gasteiger charge is 2.32. The third-order valence-corrected chi connectivity index (χ3v) is 6.48. The fourth-order valence-corrected chi connectivity index (χ4v) is 4.97. The molecule has 9 nitrogen and oxygen atoms in total. The van der Waals surface area contributed by atoms with Crippen LogP contribution in [-0.2, 0) is 11.2 Å². The molecule has 0 bridgehead atoms. The summed E-state index contributed by atoms with van der Waals surface area (Å²) in [5, 5.41) is 13.1. The molecule has 2 aliphatic heterocycles. The molecule has 3 aromatic heterocycles. The van der Waals surface area contributed by atoms with E-state index in [2.05, 4.69) is 33.6 Å². The Kier molecular flexibility index (Phi) is 6.78. The van der Waals surface area contributed by atoms with Crippen molar-refractivity contribution in [1.29, 1.82) is 0 Å². The van der Waals surface area contributed by atoms with Gasteiger partial charge in [-0.3, -0.25) is 9.69 Å². The number of nitrogens with one attached hydrogen (secondary N) is 2.